The van der Waals surface area contributed by atoms with Crippen LogP contribution in [0.2, 0.25) is 0 Å². The summed E-state index contributed by atoms with van der Waals surface area (Å²) < 4.78 is 27.8. The monoisotopic (exact) mass is 310 g/mol. The fourth-order valence-corrected chi connectivity index (χ4v) is 4.60. The Morgan fingerprint density at radius 1 is 1.25 bits per heavy atom. The highest BCUT2D eigenvalue weighted by Gasteiger charge is 2.30. The largest absolute Gasteiger partial charge is 0.264 e. The molecule has 0 spiro atoms. The third-order valence-electron chi connectivity index (χ3n) is 3.67. The molecule has 1 aliphatic rings. The molecule has 1 N–H and O–H groups in total. The molecular formula is C14H15ClN2O2S. The Hall–Kier alpha value is -1.17. The lowest BCUT2D eigenvalue weighted by Gasteiger charge is -2.17. The normalized spacial score (nSPS) is 23.2. The van der Waals surface area contributed by atoms with Gasteiger partial charge in [0, 0.05) is 34.6 Å². The van der Waals surface area contributed by atoms with Gasteiger partial charge in [-0.05, 0) is 25.0 Å². The van der Waals surface area contributed by atoms with Crippen LogP contribution < -0.4 is 4.72 Å². The Kier molecular flexibility index (Phi) is 3.67. The fourth-order valence-electron chi connectivity index (χ4n) is 2.64. The second-order valence-electron chi connectivity index (χ2n) is 5.03. The minimum absolute atomic E-state index is 0.124. The summed E-state index contributed by atoms with van der Waals surface area (Å²) in [7, 11) is -3.57. The molecule has 0 radical (unpaired) electrons. The first-order valence-electron chi connectivity index (χ1n) is 6.57. The molecular weight excluding hydrogens is 296 g/mol. The number of pyridine rings is 1. The first-order valence-corrected chi connectivity index (χ1v) is 8.49. The summed E-state index contributed by atoms with van der Waals surface area (Å²) in [5.41, 5.74) is 0. The Labute approximate surface area is 123 Å². The van der Waals surface area contributed by atoms with E-state index in [0.717, 1.165) is 24.6 Å². The van der Waals surface area contributed by atoms with Gasteiger partial charge in [0.1, 0.15) is 0 Å². The van der Waals surface area contributed by atoms with Gasteiger partial charge >= 0.3 is 0 Å². The van der Waals surface area contributed by atoms with Crippen LogP contribution in [0.1, 0.15) is 19.3 Å². The molecule has 1 heterocycles. The Morgan fingerprint density at radius 2 is 2.10 bits per heavy atom. The van der Waals surface area contributed by atoms with Crippen molar-refractivity contribution in [2.45, 2.75) is 35.6 Å². The number of sulfonamides is 1. The van der Waals surface area contributed by atoms with Crippen molar-refractivity contribution >= 4 is 32.4 Å². The number of halogens is 1. The Morgan fingerprint density at radius 3 is 2.85 bits per heavy atom. The second kappa shape index (κ2) is 5.31. The molecule has 1 fully saturated rings. The van der Waals surface area contributed by atoms with Crippen molar-refractivity contribution in [1.82, 2.24) is 9.71 Å². The minimum atomic E-state index is -3.57. The van der Waals surface area contributed by atoms with E-state index in [9.17, 15) is 8.42 Å². The highest BCUT2D eigenvalue weighted by atomic mass is 35.5. The number of alkyl halides is 1. The average Bonchev–Trinajstić information content (AvgIpc) is 2.83. The molecule has 6 heteroatoms. The number of rotatable bonds is 3. The van der Waals surface area contributed by atoms with Crippen molar-refractivity contribution in [1.29, 1.82) is 0 Å². The average molecular weight is 311 g/mol. The first-order chi connectivity index (χ1) is 9.58. The second-order valence-corrected chi connectivity index (χ2v) is 7.27. The molecule has 4 nitrogen and oxygen atoms in total. The fraction of sp³-hybridized carbons (Fsp3) is 0.357. The maximum Gasteiger partial charge on any atom is 0.241 e. The van der Waals surface area contributed by atoms with Crippen LogP contribution in [-0.2, 0) is 10.0 Å². The third kappa shape index (κ3) is 2.53. The third-order valence-corrected chi connectivity index (χ3v) is 5.74. The molecule has 2 unspecified atom stereocenters. The van der Waals surface area contributed by atoms with Crippen LogP contribution >= 0.6 is 11.6 Å². The van der Waals surface area contributed by atoms with Gasteiger partial charge in [-0.15, -0.1) is 11.6 Å². The van der Waals surface area contributed by atoms with Crippen LogP contribution in [-0.4, -0.2) is 24.8 Å². The van der Waals surface area contributed by atoms with Crippen molar-refractivity contribution in [2.24, 2.45) is 0 Å². The van der Waals surface area contributed by atoms with Gasteiger partial charge in [-0.25, -0.2) is 13.1 Å². The predicted octanol–water partition coefficient (Wildman–Crippen LogP) is 2.67. The number of aromatic nitrogens is 1. The summed E-state index contributed by atoms with van der Waals surface area (Å²) in [5.74, 6) is 0. The van der Waals surface area contributed by atoms with Gasteiger partial charge in [0.25, 0.3) is 0 Å². The SMILES string of the molecule is O=S(=O)(NC1CCCC1Cl)c1cccc2cnccc12. The van der Waals surface area contributed by atoms with E-state index >= 15 is 0 Å². The molecule has 20 heavy (non-hydrogen) atoms. The zero-order valence-corrected chi connectivity index (χ0v) is 12.4. The van der Waals surface area contributed by atoms with Crippen LogP contribution in [0.15, 0.2) is 41.6 Å². The summed E-state index contributed by atoms with van der Waals surface area (Å²) in [4.78, 5) is 4.30. The van der Waals surface area contributed by atoms with Crippen molar-refractivity contribution in [2.75, 3.05) is 0 Å². The first kappa shape index (κ1) is 13.8. The number of nitrogens with one attached hydrogen (secondary N) is 1. The van der Waals surface area contributed by atoms with Gasteiger partial charge in [-0.1, -0.05) is 18.6 Å². The van der Waals surface area contributed by atoms with Gasteiger partial charge in [0.2, 0.25) is 10.0 Å². The van der Waals surface area contributed by atoms with E-state index in [1.165, 1.54) is 0 Å². The molecule has 106 valence electrons. The molecule has 0 saturated heterocycles. The molecule has 0 amide bonds. The molecule has 2 aromatic rings. The molecule has 3 rings (SSSR count). The molecule has 2 atom stereocenters. The summed E-state index contributed by atoms with van der Waals surface area (Å²) in [5, 5.41) is 1.37. The van der Waals surface area contributed by atoms with E-state index in [4.69, 9.17) is 11.6 Å². The van der Waals surface area contributed by atoms with Crippen LogP contribution in [0, 0.1) is 0 Å². The topological polar surface area (TPSA) is 59.1 Å². The van der Waals surface area contributed by atoms with Gasteiger partial charge in [0.15, 0.2) is 0 Å². The molecule has 1 aliphatic carbocycles. The number of benzene rings is 1. The molecule has 1 saturated carbocycles. The van der Waals surface area contributed by atoms with Crippen molar-refractivity contribution < 1.29 is 8.42 Å². The van der Waals surface area contributed by atoms with E-state index in [1.807, 2.05) is 6.07 Å². The number of hydrogen-bond donors (Lipinski definition) is 1. The summed E-state index contributed by atoms with van der Waals surface area (Å²) in [6.45, 7) is 0. The standard InChI is InChI=1S/C14H15ClN2O2S/c15-12-4-2-5-13(12)17-20(18,19)14-6-1-3-10-9-16-8-7-11(10)14/h1,3,6-9,12-13,17H,2,4-5H2. The summed E-state index contributed by atoms with van der Waals surface area (Å²) >= 11 is 6.15. The summed E-state index contributed by atoms with van der Waals surface area (Å²) in [6.07, 6.45) is 5.87. The van der Waals surface area contributed by atoms with E-state index in [0.29, 0.717) is 5.39 Å². The van der Waals surface area contributed by atoms with Gasteiger partial charge in [-0.3, -0.25) is 4.98 Å². The molecule has 1 aromatic carbocycles. The lowest BCUT2D eigenvalue weighted by atomic mass is 10.2. The molecule has 0 bridgehead atoms. The molecule has 0 aliphatic heterocycles. The van der Waals surface area contributed by atoms with Crippen LogP contribution in [0.5, 0.6) is 0 Å². The van der Waals surface area contributed by atoms with E-state index in [1.54, 1.807) is 30.6 Å². The van der Waals surface area contributed by atoms with Gasteiger partial charge < -0.3 is 0 Å². The smallest absolute Gasteiger partial charge is 0.241 e. The molecule has 1 aromatic heterocycles. The highest BCUT2D eigenvalue weighted by Crippen LogP contribution is 2.27. The Balaban J connectivity index is 2.01. The number of nitrogens with zero attached hydrogens (tertiary/aromatic N) is 1. The minimum Gasteiger partial charge on any atom is -0.264 e. The van der Waals surface area contributed by atoms with Crippen molar-refractivity contribution in [3.05, 3.63) is 36.7 Å². The number of fused-ring (bicyclic) bond motifs is 1. The van der Waals surface area contributed by atoms with Gasteiger partial charge in [0.05, 0.1) is 4.90 Å². The maximum absolute atomic E-state index is 12.6. The van der Waals surface area contributed by atoms with Crippen molar-refractivity contribution in [3.8, 4) is 0 Å². The lowest BCUT2D eigenvalue weighted by molar-refractivity contribution is 0.554. The zero-order chi connectivity index (χ0) is 14.2. The van der Waals surface area contributed by atoms with Crippen LogP contribution in [0.4, 0.5) is 0 Å². The summed E-state index contributed by atoms with van der Waals surface area (Å²) in [6, 6.07) is 6.73. The quantitative estimate of drug-likeness (QED) is 0.887. The van der Waals surface area contributed by atoms with Gasteiger partial charge in [-0.2, -0.15) is 0 Å². The van der Waals surface area contributed by atoms with E-state index < -0.39 is 10.0 Å². The van der Waals surface area contributed by atoms with Crippen LogP contribution in [0.3, 0.4) is 0 Å². The number of hydrogen-bond acceptors (Lipinski definition) is 3. The Bertz CT molecular complexity index is 728. The maximum atomic E-state index is 12.6. The predicted molar refractivity (Wildman–Crippen MR) is 79.3 cm³/mol. The van der Waals surface area contributed by atoms with Crippen molar-refractivity contribution in [3.63, 3.8) is 0 Å². The van der Waals surface area contributed by atoms with Crippen LogP contribution in [0.25, 0.3) is 10.8 Å². The zero-order valence-electron chi connectivity index (χ0n) is 10.8. The highest BCUT2D eigenvalue weighted by molar-refractivity contribution is 7.89. The van der Waals surface area contributed by atoms with E-state index in [-0.39, 0.29) is 16.3 Å². The van der Waals surface area contributed by atoms with E-state index in [2.05, 4.69) is 9.71 Å². The lowest BCUT2D eigenvalue weighted by Crippen LogP contribution is -2.37.